The first kappa shape index (κ1) is 14.8. The van der Waals surface area contributed by atoms with Crippen LogP contribution in [0, 0.1) is 6.92 Å². The fourth-order valence-electron chi connectivity index (χ4n) is 2.36. The lowest BCUT2D eigenvalue weighted by Crippen LogP contribution is -2.04. The smallest absolute Gasteiger partial charge is 0.116 e. The molecule has 5 heteroatoms. The van der Waals surface area contributed by atoms with E-state index in [1.54, 1.807) is 4.68 Å². The van der Waals surface area contributed by atoms with Crippen molar-refractivity contribution in [3.05, 3.63) is 70.4 Å². The molecule has 0 fully saturated rings. The number of rotatable bonds is 4. The first-order valence-electron chi connectivity index (χ1n) is 7.02. The van der Waals surface area contributed by atoms with E-state index in [0.717, 1.165) is 16.8 Å². The molecule has 1 aromatic heterocycles. The molecule has 0 aliphatic heterocycles. The Balaban J connectivity index is 1.99. The van der Waals surface area contributed by atoms with E-state index in [1.807, 2.05) is 55.5 Å². The lowest BCUT2D eigenvalue weighted by atomic mass is 10.1. The maximum absolute atomic E-state index is 9.52. The predicted octanol–water partition coefficient (Wildman–Crippen LogP) is 3.45. The van der Waals surface area contributed by atoms with Crippen LogP contribution >= 0.6 is 11.6 Å². The van der Waals surface area contributed by atoms with E-state index in [-0.39, 0.29) is 6.61 Å². The number of aliphatic hydroxyl groups is 1. The predicted molar refractivity (Wildman–Crippen MR) is 86.7 cm³/mol. The maximum atomic E-state index is 9.52. The largest absolute Gasteiger partial charge is 0.390 e. The molecule has 3 rings (SSSR count). The van der Waals surface area contributed by atoms with Gasteiger partial charge in [-0.05, 0) is 24.6 Å². The second-order valence-corrected chi connectivity index (χ2v) is 5.63. The molecule has 1 heterocycles. The molecule has 0 saturated heterocycles. The molecule has 3 aromatic rings. The number of hydrogen-bond donors (Lipinski definition) is 1. The molecule has 2 aromatic carbocycles. The highest BCUT2D eigenvalue weighted by molar-refractivity contribution is 6.30. The standard InChI is InChI=1S/C17H16ClN3O/c1-12-2-6-14(7-3-12)17-16(11-22)19-20-21(17)10-13-4-8-15(18)9-5-13/h2-9,22H,10-11H2,1H3. The van der Waals surface area contributed by atoms with Crippen molar-refractivity contribution in [1.29, 1.82) is 0 Å². The van der Waals surface area contributed by atoms with Crippen molar-refractivity contribution in [3.8, 4) is 11.3 Å². The summed E-state index contributed by atoms with van der Waals surface area (Å²) in [6.07, 6.45) is 0. The molecule has 0 amide bonds. The molecule has 0 atom stereocenters. The van der Waals surface area contributed by atoms with Crippen molar-refractivity contribution in [1.82, 2.24) is 15.0 Å². The van der Waals surface area contributed by atoms with Crippen molar-refractivity contribution in [2.45, 2.75) is 20.1 Å². The van der Waals surface area contributed by atoms with Gasteiger partial charge >= 0.3 is 0 Å². The van der Waals surface area contributed by atoms with Crippen molar-refractivity contribution in [2.75, 3.05) is 0 Å². The number of aromatic nitrogens is 3. The number of hydrogen-bond acceptors (Lipinski definition) is 3. The molecule has 1 N–H and O–H groups in total. The summed E-state index contributed by atoms with van der Waals surface area (Å²) in [4.78, 5) is 0. The van der Waals surface area contributed by atoms with Gasteiger partial charge in [0.15, 0.2) is 0 Å². The molecular weight excluding hydrogens is 298 g/mol. The lowest BCUT2D eigenvalue weighted by molar-refractivity contribution is 0.277. The summed E-state index contributed by atoms with van der Waals surface area (Å²) in [7, 11) is 0. The summed E-state index contributed by atoms with van der Waals surface area (Å²) < 4.78 is 1.81. The maximum Gasteiger partial charge on any atom is 0.116 e. The molecule has 0 spiro atoms. The van der Waals surface area contributed by atoms with E-state index < -0.39 is 0 Å². The highest BCUT2D eigenvalue weighted by Gasteiger charge is 2.14. The van der Waals surface area contributed by atoms with Gasteiger partial charge in [0, 0.05) is 10.6 Å². The molecule has 0 saturated carbocycles. The van der Waals surface area contributed by atoms with Crippen LogP contribution in [-0.4, -0.2) is 20.1 Å². The molecule has 22 heavy (non-hydrogen) atoms. The van der Waals surface area contributed by atoms with E-state index in [2.05, 4.69) is 10.3 Å². The molecule has 4 nitrogen and oxygen atoms in total. The molecule has 0 radical (unpaired) electrons. The second kappa shape index (κ2) is 6.30. The number of benzene rings is 2. The SMILES string of the molecule is Cc1ccc(-c2c(CO)nnn2Cc2ccc(Cl)cc2)cc1. The first-order chi connectivity index (χ1) is 10.7. The third kappa shape index (κ3) is 3.03. The van der Waals surface area contributed by atoms with Crippen LogP contribution in [0.2, 0.25) is 5.02 Å². The van der Waals surface area contributed by atoms with E-state index >= 15 is 0 Å². The highest BCUT2D eigenvalue weighted by atomic mass is 35.5. The van der Waals surface area contributed by atoms with Crippen LogP contribution in [0.25, 0.3) is 11.3 Å². The van der Waals surface area contributed by atoms with Crippen LogP contribution in [-0.2, 0) is 13.2 Å². The minimum atomic E-state index is -0.135. The van der Waals surface area contributed by atoms with Gasteiger partial charge in [-0.15, -0.1) is 5.10 Å². The zero-order valence-corrected chi connectivity index (χ0v) is 13.0. The minimum Gasteiger partial charge on any atom is -0.390 e. The Hall–Kier alpha value is -2.17. The molecular formula is C17H16ClN3O. The molecule has 0 bridgehead atoms. The Kier molecular flexibility index (Phi) is 4.22. The van der Waals surface area contributed by atoms with Crippen LogP contribution in [0.1, 0.15) is 16.8 Å². The zero-order chi connectivity index (χ0) is 15.5. The summed E-state index contributed by atoms with van der Waals surface area (Å²) in [5.74, 6) is 0. The summed E-state index contributed by atoms with van der Waals surface area (Å²) >= 11 is 5.92. The van der Waals surface area contributed by atoms with E-state index in [9.17, 15) is 5.11 Å². The van der Waals surface area contributed by atoms with Gasteiger partial charge in [-0.2, -0.15) is 0 Å². The number of aryl methyl sites for hydroxylation is 1. The monoisotopic (exact) mass is 313 g/mol. The van der Waals surface area contributed by atoms with E-state index in [0.29, 0.717) is 17.3 Å². The quantitative estimate of drug-likeness (QED) is 0.802. The summed E-state index contributed by atoms with van der Waals surface area (Å²) in [5, 5.41) is 18.5. The average molecular weight is 314 g/mol. The van der Waals surface area contributed by atoms with E-state index in [1.165, 1.54) is 5.56 Å². The van der Waals surface area contributed by atoms with Gasteiger partial charge in [-0.25, -0.2) is 4.68 Å². The minimum absolute atomic E-state index is 0.135. The van der Waals surface area contributed by atoms with E-state index in [4.69, 9.17) is 11.6 Å². The fraction of sp³-hybridized carbons (Fsp3) is 0.176. The van der Waals surface area contributed by atoms with Gasteiger partial charge in [0.2, 0.25) is 0 Å². The van der Waals surface area contributed by atoms with Crippen LogP contribution in [0.3, 0.4) is 0 Å². The summed E-state index contributed by atoms with van der Waals surface area (Å²) in [6, 6.07) is 15.7. The third-order valence-electron chi connectivity index (χ3n) is 3.53. The molecule has 0 unspecified atom stereocenters. The fourth-order valence-corrected chi connectivity index (χ4v) is 2.48. The lowest BCUT2D eigenvalue weighted by Gasteiger charge is -2.08. The Morgan fingerprint density at radius 2 is 1.73 bits per heavy atom. The van der Waals surface area contributed by atoms with Crippen LogP contribution in [0.5, 0.6) is 0 Å². The third-order valence-corrected chi connectivity index (χ3v) is 3.78. The number of halogens is 1. The molecule has 0 aliphatic carbocycles. The number of aliphatic hydroxyl groups excluding tert-OH is 1. The normalized spacial score (nSPS) is 10.9. The van der Waals surface area contributed by atoms with Gasteiger partial charge in [0.25, 0.3) is 0 Å². The van der Waals surface area contributed by atoms with Crippen LogP contribution in [0.4, 0.5) is 0 Å². The van der Waals surface area contributed by atoms with Gasteiger partial charge in [0.1, 0.15) is 5.69 Å². The van der Waals surface area contributed by atoms with Crippen LogP contribution in [0.15, 0.2) is 48.5 Å². The Morgan fingerprint density at radius 1 is 1.05 bits per heavy atom. The molecule has 112 valence electrons. The number of nitrogens with zero attached hydrogens (tertiary/aromatic N) is 3. The summed E-state index contributed by atoms with van der Waals surface area (Å²) in [5.41, 5.74) is 4.68. The second-order valence-electron chi connectivity index (χ2n) is 5.19. The van der Waals surface area contributed by atoms with Crippen molar-refractivity contribution < 1.29 is 5.11 Å². The zero-order valence-electron chi connectivity index (χ0n) is 12.2. The molecule has 0 aliphatic rings. The summed E-state index contributed by atoms with van der Waals surface area (Å²) in [6.45, 7) is 2.48. The first-order valence-corrected chi connectivity index (χ1v) is 7.40. The van der Waals surface area contributed by atoms with Crippen LogP contribution < -0.4 is 0 Å². The van der Waals surface area contributed by atoms with Crippen molar-refractivity contribution >= 4 is 11.6 Å². The Labute approximate surface area is 134 Å². The Bertz CT molecular complexity index is 764. The van der Waals surface area contributed by atoms with Crippen molar-refractivity contribution in [3.63, 3.8) is 0 Å². The van der Waals surface area contributed by atoms with Crippen molar-refractivity contribution in [2.24, 2.45) is 0 Å². The van der Waals surface area contributed by atoms with Gasteiger partial charge in [0.05, 0.1) is 18.8 Å². The van der Waals surface area contributed by atoms with Gasteiger partial charge in [-0.3, -0.25) is 0 Å². The van der Waals surface area contributed by atoms with Gasteiger partial charge < -0.3 is 5.11 Å². The average Bonchev–Trinajstić information content (AvgIpc) is 2.93. The Morgan fingerprint density at radius 3 is 2.36 bits per heavy atom. The topological polar surface area (TPSA) is 50.9 Å². The van der Waals surface area contributed by atoms with Gasteiger partial charge in [-0.1, -0.05) is 58.8 Å². The highest BCUT2D eigenvalue weighted by Crippen LogP contribution is 2.24.